The van der Waals surface area contributed by atoms with Gasteiger partial charge in [0.15, 0.2) is 0 Å². The molecule has 30 heavy (non-hydrogen) atoms. The Hall–Kier alpha value is -2.90. The maximum absolute atomic E-state index is 12.5. The van der Waals surface area contributed by atoms with Crippen molar-refractivity contribution in [2.24, 2.45) is 0 Å². The lowest BCUT2D eigenvalue weighted by Gasteiger charge is -2.38. The zero-order chi connectivity index (χ0) is 21.3. The largest absolute Gasteiger partial charge is 0.386 e. The molecule has 3 N–H and O–H groups in total. The highest BCUT2D eigenvalue weighted by Crippen LogP contribution is 2.25. The Morgan fingerprint density at radius 3 is 2.63 bits per heavy atom. The van der Waals surface area contributed by atoms with Crippen LogP contribution in [0.2, 0.25) is 0 Å². The Bertz CT molecular complexity index is 826. The summed E-state index contributed by atoms with van der Waals surface area (Å²) in [6.45, 7) is 3.29. The molecule has 0 aliphatic carbocycles. The van der Waals surface area contributed by atoms with Crippen molar-refractivity contribution in [3.05, 3.63) is 65.7 Å². The number of benzene rings is 2. The molecule has 3 rings (SSSR count). The van der Waals surface area contributed by atoms with Crippen molar-refractivity contribution >= 4 is 17.6 Å². The molecule has 0 spiro atoms. The molecule has 3 amide bonds. The summed E-state index contributed by atoms with van der Waals surface area (Å²) >= 11 is 0. The number of amides is 3. The third kappa shape index (κ3) is 5.81. The van der Waals surface area contributed by atoms with Gasteiger partial charge in [-0.25, -0.2) is 4.79 Å². The number of urea groups is 1. The molecule has 1 heterocycles. The predicted molar refractivity (Wildman–Crippen MR) is 115 cm³/mol. The minimum absolute atomic E-state index is 0.0456. The fourth-order valence-corrected chi connectivity index (χ4v) is 3.60. The number of nitrogens with one attached hydrogen (secondary N) is 2. The summed E-state index contributed by atoms with van der Waals surface area (Å²) in [6.07, 6.45) is 0.813. The van der Waals surface area contributed by atoms with Crippen LogP contribution in [0.25, 0.3) is 0 Å². The second-order valence-electron chi connectivity index (χ2n) is 7.31. The standard InChI is InChI=1S/C23H29N3O4/c1-2-24-23(29)25-19-12-10-18(11-13-19)22(28)20-15-30-16-21(27)26(20)14-6-9-17-7-4-3-5-8-17/h3-5,7-8,10-13,20,22,28H,2,6,9,14-16H2,1H3,(H2,24,25,29). The monoisotopic (exact) mass is 411 g/mol. The van der Waals surface area contributed by atoms with Crippen LogP contribution in [0.1, 0.15) is 30.6 Å². The molecule has 0 saturated carbocycles. The van der Waals surface area contributed by atoms with E-state index in [0.29, 0.717) is 24.3 Å². The molecule has 0 aromatic heterocycles. The lowest BCUT2D eigenvalue weighted by Crippen LogP contribution is -2.52. The van der Waals surface area contributed by atoms with E-state index >= 15 is 0 Å². The van der Waals surface area contributed by atoms with Crippen LogP contribution in [0.15, 0.2) is 54.6 Å². The molecule has 7 heteroatoms. The van der Waals surface area contributed by atoms with Gasteiger partial charge < -0.3 is 25.4 Å². The lowest BCUT2D eigenvalue weighted by molar-refractivity contribution is -0.154. The van der Waals surface area contributed by atoms with Gasteiger partial charge in [0.1, 0.15) is 12.7 Å². The zero-order valence-electron chi connectivity index (χ0n) is 17.2. The van der Waals surface area contributed by atoms with Crippen LogP contribution in [0, 0.1) is 0 Å². The molecule has 7 nitrogen and oxygen atoms in total. The number of anilines is 1. The average molecular weight is 412 g/mol. The number of nitrogens with zero attached hydrogens (tertiary/aromatic N) is 1. The van der Waals surface area contributed by atoms with E-state index in [2.05, 4.69) is 22.8 Å². The molecule has 1 saturated heterocycles. The van der Waals surface area contributed by atoms with E-state index in [1.54, 1.807) is 29.2 Å². The SMILES string of the molecule is CCNC(=O)Nc1ccc(C(O)C2COCC(=O)N2CCCc2ccccc2)cc1. The molecular formula is C23H29N3O4. The van der Waals surface area contributed by atoms with E-state index in [-0.39, 0.29) is 25.2 Å². The minimum atomic E-state index is -0.871. The molecule has 1 aliphatic heterocycles. The van der Waals surface area contributed by atoms with Crippen LogP contribution < -0.4 is 10.6 Å². The number of morpholine rings is 1. The highest BCUT2D eigenvalue weighted by atomic mass is 16.5. The normalized spacial score (nSPS) is 17.5. The molecule has 2 aromatic carbocycles. The van der Waals surface area contributed by atoms with Gasteiger partial charge in [0.05, 0.1) is 12.6 Å². The summed E-state index contributed by atoms with van der Waals surface area (Å²) in [5, 5.41) is 16.3. The summed E-state index contributed by atoms with van der Waals surface area (Å²) in [5.41, 5.74) is 2.53. The number of aliphatic hydroxyl groups excluding tert-OH is 1. The van der Waals surface area contributed by atoms with Gasteiger partial charge in [0, 0.05) is 18.8 Å². The number of rotatable bonds is 8. The first-order valence-electron chi connectivity index (χ1n) is 10.3. The molecular weight excluding hydrogens is 382 g/mol. The molecule has 0 bridgehead atoms. The summed E-state index contributed by atoms with van der Waals surface area (Å²) in [5.74, 6) is -0.104. The van der Waals surface area contributed by atoms with Crippen molar-refractivity contribution < 1.29 is 19.4 Å². The smallest absolute Gasteiger partial charge is 0.319 e. The highest BCUT2D eigenvalue weighted by molar-refractivity contribution is 5.89. The van der Waals surface area contributed by atoms with Crippen molar-refractivity contribution in [3.8, 4) is 0 Å². The Kier molecular flexibility index (Phi) is 7.82. The predicted octanol–water partition coefficient (Wildman–Crippen LogP) is 2.72. The second-order valence-corrected chi connectivity index (χ2v) is 7.31. The van der Waals surface area contributed by atoms with E-state index in [4.69, 9.17) is 4.74 Å². The van der Waals surface area contributed by atoms with Crippen molar-refractivity contribution in [3.63, 3.8) is 0 Å². The quantitative estimate of drug-likeness (QED) is 0.623. The number of carbonyl (C=O) groups is 2. The van der Waals surface area contributed by atoms with Gasteiger partial charge in [0.2, 0.25) is 5.91 Å². The van der Waals surface area contributed by atoms with Gasteiger partial charge in [-0.05, 0) is 43.0 Å². The molecule has 1 aliphatic rings. The van der Waals surface area contributed by atoms with Crippen LogP contribution in [-0.2, 0) is 16.0 Å². The Morgan fingerprint density at radius 2 is 1.93 bits per heavy atom. The van der Waals surface area contributed by atoms with E-state index in [9.17, 15) is 14.7 Å². The van der Waals surface area contributed by atoms with Gasteiger partial charge >= 0.3 is 6.03 Å². The highest BCUT2D eigenvalue weighted by Gasteiger charge is 2.34. The number of hydrogen-bond donors (Lipinski definition) is 3. The van der Waals surface area contributed by atoms with E-state index in [0.717, 1.165) is 12.8 Å². The molecule has 0 radical (unpaired) electrons. The van der Waals surface area contributed by atoms with E-state index < -0.39 is 12.1 Å². The first-order chi connectivity index (χ1) is 14.6. The third-order valence-electron chi connectivity index (χ3n) is 5.15. The zero-order valence-corrected chi connectivity index (χ0v) is 17.2. The molecule has 2 unspecified atom stereocenters. The number of hydrogen-bond acceptors (Lipinski definition) is 4. The lowest BCUT2D eigenvalue weighted by atomic mass is 9.99. The first-order valence-corrected chi connectivity index (χ1v) is 10.3. The van der Waals surface area contributed by atoms with Crippen LogP contribution in [0.4, 0.5) is 10.5 Å². The van der Waals surface area contributed by atoms with Crippen molar-refractivity contribution in [2.45, 2.75) is 31.9 Å². The maximum atomic E-state index is 12.5. The summed E-state index contributed by atoms with van der Waals surface area (Å²) in [6, 6.07) is 16.4. The topological polar surface area (TPSA) is 90.9 Å². The Morgan fingerprint density at radius 1 is 1.20 bits per heavy atom. The maximum Gasteiger partial charge on any atom is 0.319 e. The van der Waals surface area contributed by atoms with E-state index in [1.807, 2.05) is 25.1 Å². The second kappa shape index (κ2) is 10.8. The summed E-state index contributed by atoms with van der Waals surface area (Å²) in [7, 11) is 0. The van der Waals surface area contributed by atoms with Crippen molar-refractivity contribution in [1.82, 2.24) is 10.2 Å². The van der Waals surface area contributed by atoms with Gasteiger partial charge in [-0.1, -0.05) is 42.5 Å². The first kappa shape index (κ1) is 21.8. The molecule has 2 atom stereocenters. The number of aryl methyl sites for hydroxylation is 1. The number of carbonyl (C=O) groups excluding carboxylic acids is 2. The van der Waals surface area contributed by atoms with Crippen LogP contribution in [-0.4, -0.2) is 54.3 Å². The van der Waals surface area contributed by atoms with Crippen LogP contribution in [0.5, 0.6) is 0 Å². The molecule has 1 fully saturated rings. The summed E-state index contributed by atoms with van der Waals surface area (Å²) in [4.78, 5) is 25.8. The van der Waals surface area contributed by atoms with E-state index in [1.165, 1.54) is 5.56 Å². The molecule has 2 aromatic rings. The fraction of sp³-hybridized carbons (Fsp3) is 0.391. The summed E-state index contributed by atoms with van der Waals surface area (Å²) < 4.78 is 5.42. The number of aliphatic hydroxyl groups is 1. The third-order valence-corrected chi connectivity index (χ3v) is 5.15. The average Bonchev–Trinajstić information content (AvgIpc) is 2.76. The van der Waals surface area contributed by atoms with Crippen molar-refractivity contribution in [1.29, 1.82) is 0 Å². The van der Waals surface area contributed by atoms with Crippen LogP contribution in [0.3, 0.4) is 0 Å². The van der Waals surface area contributed by atoms with Gasteiger partial charge in [-0.3, -0.25) is 4.79 Å². The van der Waals surface area contributed by atoms with Gasteiger partial charge in [-0.15, -0.1) is 0 Å². The Balaban J connectivity index is 1.62. The number of ether oxygens (including phenoxy) is 1. The van der Waals surface area contributed by atoms with Gasteiger partial charge in [0.25, 0.3) is 0 Å². The molecule has 160 valence electrons. The fourth-order valence-electron chi connectivity index (χ4n) is 3.60. The van der Waals surface area contributed by atoms with Crippen molar-refractivity contribution in [2.75, 3.05) is 31.6 Å². The minimum Gasteiger partial charge on any atom is -0.386 e. The van der Waals surface area contributed by atoms with Crippen LogP contribution >= 0.6 is 0 Å². The van der Waals surface area contributed by atoms with Gasteiger partial charge in [-0.2, -0.15) is 0 Å². The Labute approximate surface area is 177 Å².